The minimum absolute atomic E-state index is 0.453. The summed E-state index contributed by atoms with van der Waals surface area (Å²) in [6, 6.07) is 23.5. The molecule has 1 atom stereocenters. The molecule has 0 aliphatic carbocycles. The number of aryl methyl sites for hydroxylation is 2. The molecule has 4 rings (SSSR count). The highest BCUT2D eigenvalue weighted by Gasteiger charge is 2.18. The number of thiazole rings is 1. The lowest BCUT2D eigenvalue weighted by atomic mass is 10.0. The van der Waals surface area contributed by atoms with Crippen molar-refractivity contribution < 1.29 is 0 Å². The summed E-state index contributed by atoms with van der Waals surface area (Å²) in [5.74, 6) is 1.37. The van der Waals surface area contributed by atoms with Crippen molar-refractivity contribution >= 4 is 17.2 Å². The number of hydrogen-bond donors (Lipinski definition) is 1. The van der Waals surface area contributed by atoms with Gasteiger partial charge in [-0.1, -0.05) is 67.9 Å². The van der Waals surface area contributed by atoms with Gasteiger partial charge in [-0.2, -0.15) is 0 Å². The maximum absolute atomic E-state index is 5.09. The van der Waals surface area contributed by atoms with E-state index in [9.17, 15) is 0 Å². The molecule has 164 valence electrons. The number of rotatable bonds is 9. The Morgan fingerprint density at radius 3 is 2.59 bits per heavy atom. The highest BCUT2D eigenvalue weighted by molar-refractivity contribution is 7.15. The van der Waals surface area contributed by atoms with Crippen LogP contribution in [-0.2, 0) is 6.42 Å². The van der Waals surface area contributed by atoms with Crippen LogP contribution in [0.15, 0.2) is 72.9 Å². The van der Waals surface area contributed by atoms with Gasteiger partial charge in [0.1, 0.15) is 5.82 Å². The molecule has 1 unspecified atom stereocenters. The molecule has 32 heavy (non-hydrogen) atoms. The third kappa shape index (κ3) is 5.43. The molecule has 4 aromatic rings. The van der Waals surface area contributed by atoms with Crippen molar-refractivity contribution in [2.45, 2.75) is 46.0 Å². The first-order valence-corrected chi connectivity index (χ1v) is 12.3. The van der Waals surface area contributed by atoms with Crippen LogP contribution >= 0.6 is 11.3 Å². The van der Waals surface area contributed by atoms with Crippen LogP contribution in [0.4, 0.5) is 5.82 Å². The predicted molar refractivity (Wildman–Crippen MR) is 137 cm³/mol. The Balaban J connectivity index is 1.55. The van der Waals surface area contributed by atoms with Gasteiger partial charge in [-0.3, -0.25) is 0 Å². The third-order valence-corrected chi connectivity index (χ3v) is 7.12. The molecular weight excluding hydrogens is 410 g/mol. The van der Waals surface area contributed by atoms with E-state index in [1.807, 2.05) is 17.5 Å². The van der Waals surface area contributed by atoms with Gasteiger partial charge in [0.15, 0.2) is 0 Å². The fourth-order valence-electron chi connectivity index (χ4n) is 3.73. The Labute approximate surface area is 195 Å². The molecule has 0 amide bonds. The highest BCUT2D eigenvalue weighted by atomic mass is 32.1. The van der Waals surface area contributed by atoms with Gasteiger partial charge in [-0.25, -0.2) is 9.97 Å². The van der Waals surface area contributed by atoms with E-state index in [2.05, 4.69) is 97.8 Å². The summed E-state index contributed by atoms with van der Waals surface area (Å²) in [7, 11) is 0. The van der Waals surface area contributed by atoms with Gasteiger partial charge in [-0.15, -0.1) is 11.3 Å². The molecule has 0 saturated carbocycles. The molecule has 0 aliphatic rings. The van der Waals surface area contributed by atoms with Gasteiger partial charge in [0, 0.05) is 24.2 Å². The Morgan fingerprint density at radius 1 is 0.969 bits per heavy atom. The van der Waals surface area contributed by atoms with Crippen molar-refractivity contribution in [3.05, 3.63) is 89.1 Å². The zero-order valence-corrected chi connectivity index (χ0v) is 20.0. The van der Waals surface area contributed by atoms with Crippen LogP contribution < -0.4 is 5.32 Å². The predicted octanol–water partition coefficient (Wildman–Crippen LogP) is 7.74. The smallest absolute Gasteiger partial charge is 0.126 e. The van der Waals surface area contributed by atoms with Crippen LogP contribution in [0, 0.1) is 6.92 Å². The lowest BCUT2D eigenvalue weighted by Crippen LogP contribution is -2.04. The normalized spacial score (nSPS) is 12.0. The average Bonchev–Trinajstić information content (AvgIpc) is 3.28. The summed E-state index contributed by atoms with van der Waals surface area (Å²) in [6.07, 6.45) is 5.13. The van der Waals surface area contributed by atoms with E-state index in [4.69, 9.17) is 4.98 Å². The van der Waals surface area contributed by atoms with Gasteiger partial charge in [0.05, 0.1) is 15.6 Å². The number of pyridine rings is 1. The molecule has 0 saturated heterocycles. The molecular formula is C28H31N3S. The second kappa shape index (κ2) is 10.6. The largest absolute Gasteiger partial charge is 0.370 e. The number of anilines is 1. The van der Waals surface area contributed by atoms with Crippen LogP contribution in [0.2, 0.25) is 0 Å². The minimum Gasteiger partial charge on any atom is -0.370 e. The minimum atomic E-state index is 0.453. The zero-order valence-electron chi connectivity index (χ0n) is 19.1. The van der Waals surface area contributed by atoms with Crippen molar-refractivity contribution in [3.8, 4) is 21.7 Å². The average molecular weight is 442 g/mol. The van der Waals surface area contributed by atoms with Crippen LogP contribution in [0.25, 0.3) is 21.7 Å². The van der Waals surface area contributed by atoms with Gasteiger partial charge in [0.2, 0.25) is 0 Å². The van der Waals surface area contributed by atoms with E-state index in [1.54, 1.807) is 0 Å². The Morgan fingerprint density at radius 2 is 1.81 bits per heavy atom. The van der Waals surface area contributed by atoms with Crippen LogP contribution in [-0.4, -0.2) is 16.5 Å². The fraction of sp³-hybridized carbons (Fsp3) is 0.286. The number of hydrogen-bond acceptors (Lipinski definition) is 4. The molecule has 4 heteroatoms. The quantitative estimate of drug-likeness (QED) is 0.270. The number of nitrogens with zero attached hydrogens (tertiary/aromatic N) is 2. The van der Waals surface area contributed by atoms with Crippen molar-refractivity contribution in [1.82, 2.24) is 9.97 Å². The maximum Gasteiger partial charge on any atom is 0.126 e. The summed E-state index contributed by atoms with van der Waals surface area (Å²) in [5.41, 5.74) is 6.06. The summed E-state index contributed by atoms with van der Waals surface area (Å²) < 4.78 is 0. The zero-order chi connectivity index (χ0) is 22.3. The molecule has 2 heterocycles. The lowest BCUT2D eigenvalue weighted by molar-refractivity contribution is 0.727. The summed E-state index contributed by atoms with van der Waals surface area (Å²) in [6.45, 7) is 7.52. The Kier molecular flexibility index (Phi) is 7.33. The second-order valence-electron chi connectivity index (χ2n) is 8.35. The number of benzene rings is 2. The van der Waals surface area contributed by atoms with Gasteiger partial charge in [0.25, 0.3) is 0 Å². The SMILES string of the molecule is CCC(C)c1nc(-c2cccc(C)c2)c(-c2ccnc(NCCCc3ccccc3)c2)s1. The van der Waals surface area contributed by atoms with E-state index in [0.717, 1.165) is 37.3 Å². The van der Waals surface area contributed by atoms with E-state index in [-0.39, 0.29) is 0 Å². The Bertz CT molecular complexity index is 1150. The first-order chi connectivity index (χ1) is 15.6. The molecule has 0 aliphatic heterocycles. The van der Waals surface area contributed by atoms with Crippen molar-refractivity contribution in [2.24, 2.45) is 0 Å². The maximum atomic E-state index is 5.09. The lowest BCUT2D eigenvalue weighted by Gasteiger charge is -2.08. The second-order valence-corrected chi connectivity index (χ2v) is 9.38. The molecule has 0 radical (unpaired) electrons. The van der Waals surface area contributed by atoms with Crippen molar-refractivity contribution in [1.29, 1.82) is 0 Å². The van der Waals surface area contributed by atoms with Gasteiger partial charge < -0.3 is 5.32 Å². The molecule has 2 aromatic carbocycles. The first-order valence-electron chi connectivity index (χ1n) is 11.5. The van der Waals surface area contributed by atoms with E-state index in [1.165, 1.54) is 32.1 Å². The molecule has 0 spiro atoms. The van der Waals surface area contributed by atoms with E-state index in [0.29, 0.717) is 5.92 Å². The number of nitrogens with one attached hydrogen (secondary N) is 1. The summed E-state index contributed by atoms with van der Waals surface area (Å²) >= 11 is 1.81. The fourth-order valence-corrected chi connectivity index (χ4v) is 4.95. The molecule has 0 bridgehead atoms. The van der Waals surface area contributed by atoms with Crippen LogP contribution in [0.5, 0.6) is 0 Å². The van der Waals surface area contributed by atoms with Crippen LogP contribution in [0.3, 0.4) is 0 Å². The van der Waals surface area contributed by atoms with Crippen molar-refractivity contribution in [3.63, 3.8) is 0 Å². The molecule has 0 fully saturated rings. The number of aromatic nitrogens is 2. The molecule has 1 N–H and O–H groups in total. The topological polar surface area (TPSA) is 37.8 Å². The standard InChI is InChI=1S/C28H31N3S/c1-4-21(3)28-31-26(23-14-8-10-20(2)18-23)27(32-28)24-15-17-30-25(19-24)29-16-9-13-22-11-6-5-7-12-22/h5-8,10-12,14-15,17-19,21H,4,9,13,16H2,1-3H3,(H,29,30). The Hall–Kier alpha value is -2.98. The van der Waals surface area contributed by atoms with Crippen molar-refractivity contribution in [2.75, 3.05) is 11.9 Å². The first kappa shape index (κ1) is 22.2. The molecule has 2 aromatic heterocycles. The third-order valence-electron chi connectivity index (χ3n) is 5.78. The van der Waals surface area contributed by atoms with E-state index < -0.39 is 0 Å². The monoisotopic (exact) mass is 441 g/mol. The van der Waals surface area contributed by atoms with Crippen LogP contribution in [0.1, 0.15) is 48.7 Å². The van der Waals surface area contributed by atoms with E-state index >= 15 is 0 Å². The van der Waals surface area contributed by atoms with Gasteiger partial charge in [-0.05, 0) is 55.5 Å². The summed E-state index contributed by atoms with van der Waals surface area (Å²) in [5, 5.41) is 4.71. The summed E-state index contributed by atoms with van der Waals surface area (Å²) in [4.78, 5) is 10.9. The highest BCUT2D eigenvalue weighted by Crippen LogP contribution is 2.40. The molecule has 3 nitrogen and oxygen atoms in total. The van der Waals surface area contributed by atoms with Gasteiger partial charge >= 0.3 is 0 Å².